The lowest BCUT2D eigenvalue weighted by Gasteiger charge is -2.18. The predicted molar refractivity (Wildman–Crippen MR) is 92.2 cm³/mol. The van der Waals surface area contributed by atoms with Crippen molar-refractivity contribution in [1.29, 1.82) is 0 Å². The molecule has 4 heteroatoms. The van der Waals surface area contributed by atoms with Crippen LogP contribution in [0, 0.1) is 0 Å². The van der Waals surface area contributed by atoms with E-state index in [9.17, 15) is 4.79 Å². The summed E-state index contributed by atoms with van der Waals surface area (Å²) in [6.45, 7) is 6.26. The van der Waals surface area contributed by atoms with Gasteiger partial charge >= 0.3 is 0 Å². The van der Waals surface area contributed by atoms with Crippen LogP contribution in [0.25, 0.3) is 0 Å². The van der Waals surface area contributed by atoms with Crippen molar-refractivity contribution >= 4 is 11.6 Å². The lowest BCUT2D eigenvalue weighted by atomic mass is 10.1. The molecule has 122 valence electrons. The van der Waals surface area contributed by atoms with E-state index in [0.29, 0.717) is 18.0 Å². The van der Waals surface area contributed by atoms with Crippen LogP contribution < -0.4 is 14.8 Å². The van der Waals surface area contributed by atoms with Crippen LogP contribution in [0.15, 0.2) is 48.5 Å². The number of benzene rings is 2. The minimum atomic E-state index is -0.600. The standard InChI is InChI=1S/C19H23NO3/c1-4-15-10-6-8-12-17(15)23-14(3)19(21)20-16-11-7-9-13-18(16)22-5-2/h6-14H,4-5H2,1-3H3,(H,20,21). The fourth-order valence-electron chi connectivity index (χ4n) is 2.24. The van der Waals surface area contributed by atoms with E-state index in [1.807, 2.05) is 55.5 Å². The fourth-order valence-corrected chi connectivity index (χ4v) is 2.24. The Bertz CT molecular complexity index is 655. The summed E-state index contributed by atoms with van der Waals surface area (Å²) in [5, 5.41) is 2.86. The molecule has 2 aromatic rings. The first-order valence-electron chi connectivity index (χ1n) is 7.93. The van der Waals surface area contributed by atoms with E-state index in [2.05, 4.69) is 12.2 Å². The second kappa shape index (κ2) is 8.22. The molecule has 0 aliphatic carbocycles. The van der Waals surface area contributed by atoms with Gasteiger partial charge in [0.25, 0.3) is 5.91 Å². The Hall–Kier alpha value is -2.49. The molecule has 0 spiro atoms. The van der Waals surface area contributed by atoms with Crippen LogP contribution in [-0.2, 0) is 11.2 Å². The number of carbonyl (C=O) groups is 1. The summed E-state index contributed by atoms with van der Waals surface area (Å²) in [6.07, 6.45) is 0.259. The van der Waals surface area contributed by atoms with Crippen molar-refractivity contribution in [3.8, 4) is 11.5 Å². The van der Waals surface area contributed by atoms with Crippen molar-refractivity contribution in [1.82, 2.24) is 0 Å². The molecule has 0 fully saturated rings. The Morgan fingerprint density at radius 3 is 2.39 bits per heavy atom. The molecule has 1 unspecified atom stereocenters. The molecule has 0 aliphatic heterocycles. The zero-order valence-corrected chi connectivity index (χ0v) is 13.8. The Kier molecular flexibility index (Phi) is 6.03. The van der Waals surface area contributed by atoms with E-state index >= 15 is 0 Å². The number of para-hydroxylation sites is 3. The average molecular weight is 313 g/mol. The van der Waals surface area contributed by atoms with Gasteiger partial charge in [-0.15, -0.1) is 0 Å². The highest BCUT2D eigenvalue weighted by Crippen LogP contribution is 2.25. The van der Waals surface area contributed by atoms with E-state index in [1.54, 1.807) is 6.92 Å². The summed E-state index contributed by atoms with van der Waals surface area (Å²) in [6, 6.07) is 15.1. The first kappa shape index (κ1) is 16.9. The number of aryl methyl sites for hydroxylation is 1. The first-order valence-corrected chi connectivity index (χ1v) is 7.93. The van der Waals surface area contributed by atoms with Crippen LogP contribution in [0.3, 0.4) is 0 Å². The average Bonchev–Trinajstić information content (AvgIpc) is 2.57. The van der Waals surface area contributed by atoms with Crippen LogP contribution in [0.5, 0.6) is 11.5 Å². The molecule has 2 aromatic carbocycles. The van der Waals surface area contributed by atoms with Crippen LogP contribution in [0.1, 0.15) is 26.3 Å². The van der Waals surface area contributed by atoms with Crippen LogP contribution in [0.4, 0.5) is 5.69 Å². The lowest BCUT2D eigenvalue weighted by Crippen LogP contribution is -2.30. The number of rotatable bonds is 7. The van der Waals surface area contributed by atoms with Gasteiger partial charge in [0, 0.05) is 0 Å². The maximum atomic E-state index is 12.4. The molecule has 1 atom stereocenters. The number of carbonyl (C=O) groups excluding carboxylic acids is 1. The van der Waals surface area contributed by atoms with Gasteiger partial charge in [0.1, 0.15) is 11.5 Å². The number of anilines is 1. The molecule has 0 radical (unpaired) electrons. The van der Waals surface area contributed by atoms with E-state index in [1.165, 1.54) is 0 Å². The van der Waals surface area contributed by atoms with E-state index in [4.69, 9.17) is 9.47 Å². The van der Waals surface area contributed by atoms with Gasteiger partial charge in [0.05, 0.1) is 12.3 Å². The number of hydrogen-bond acceptors (Lipinski definition) is 3. The minimum Gasteiger partial charge on any atom is -0.492 e. The van der Waals surface area contributed by atoms with Crippen molar-refractivity contribution in [3.05, 3.63) is 54.1 Å². The lowest BCUT2D eigenvalue weighted by molar-refractivity contribution is -0.122. The third-order valence-electron chi connectivity index (χ3n) is 3.47. The quantitative estimate of drug-likeness (QED) is 0.838. The summed E-state index contributed by atoms with van der Waals surface area (Å²) >= 11 is 0. The maximum absolute atomic E-state index is 12.4. The highest BCUT2D eigenvalue weighted by Gasteiger charge is 2.17. The SMILES string of the molecule is CCOc1ccccc1NC(=O)C(C)Oc1ccccc1CC. The van der Waals surface area contributed by atoms with Crippen molar-refractivity contribution in [3.63, 3.8) is 0 Å². The maximum Gasteiger partial charge on any atom is 0.265 e. The van der Waals surface area contributed by atoms with Crippen molar-refractivity contribution < 1.29 is 14.3 Å². The number of nitrogens with one attached hydrogen (secondary N) is 1. The van der Waals surface area contributed by atoms with Gasteiger partial charge in [-0.2, -0.15) is 0 Å². The molecule has 23 heavy (non-hydrogen) atoms. The first-order chi connectivity index (χ1) is 11.2. The van der Waals surface area contributed by atoms with Gasteiger partial charge < -0.3 is 14.8 Å². The second-order valence-corrected chi connectivity index (χ2v) is 5.14. The van der Waals surface area contributed by atoms with E-state index in [-0.39, 0.29) is 5.91 Å². The summed E-state index contributed by atoms with van der Waals surface area (Å²) in [4.78, 5) is 12.4. The highest BCUT2D eigenvalue weighted by atomic mass is 16.5. The normalized spacial score (nSPS) is 11.6. The molecule has 1 N–H and O–H groups in total. The smallest absolute Gasteiger partial charge is 0.265 e. The van der Waals surface area contributed by atoms with Gasteiger partial charge in [-0.3, -0.25) is 4.79 Å². The number of hydrogen-bond donors (Lipinski definition) is 1. The van der Waals surface area contributed by atoms with Gasteiger partial charge in [0.15, 0.2) is 6.10 Å². The molecule has 1 amide bonds. The van der Waals surface area contributed by atoms with Crippen LogP contribution in [-0.4, -0.2) is 18.6 Å². The van der Waals surface area contributed by atoms with Gasteiger partial charge in [-0.1, -0.05) is 37.3 Å². The monoisotopic (exact) mass is 313 g/mol. The van der Waals surface area contributed by atoms with E-state index < -0.39 is 6.10 Å². The second-order valence-electron chi connectivity index (χ2n) is 5.14. The third kappa shape index (κ3) is 4.49. The Labute approximate surface area is 137 Å². The van der Waals surface area contributed by atoms with Gasteiger partial charge in [-0.05, 0) is 44.0 Å². The number of amides is 1. The molecule has 4 nitrogen and oxygen atoms in total. The largest absolute Gasteiger partial charge is 0.492 e. The summed E-state index contributed by atoms with van der Waals surface area (Å²) in [5.41, 5.74) is 1.74. The fraction of sp³-hybridized carbons (Fsp3) is 0.316. The molecule has 0 aromatic heterocycles. The molecular weight excluding hydrogens is 290 g/mol. The Balaban J connectivity index is 2.06. The molecule has 2 rings (SSSR count). The summed E-state index contributed by atoms with van der Waals surface area (Å²) < 4.78 is 11.3. The predicted octanol–water partition coefficient (Wildman–Crippen LogP) is 4.05. The van der Waals surface area contributed by atoms with Crippen LogP contribution in [0.2, 0.25) is 0 Å². The zero-order chi connectivity index (χ0) is 16.7. The summed E-state index contributed by atoms with van der Waals surface area (Å²) in [5.74, 6) is 1.20. The molecule has 0 heterocycles. The van der Waals surface area contributed by atoms with E-state index in [0.717, 1.165) is 17.7 Å². The van der Waals surface area contributed by atoms with Crippen molar-refractivity contribution in [2.75, 3.05) is 11.9 Å². The Morgan fingerprint density at radius 1 is 1.04 bits per heavy atom. The minimum absolute atomic E-state index is 0.206. The van der Waals surface area contributed by atoms with Gasteiger partial charge in [-0.25, -0.2) is 0 Å². The topological polar surface area (TPSA) is 47.6 Å². The molecule has 0 bridgehead atoms. The van der Waals surface area contributed by atoms with Crippen molar-refractivity contribution in [2.45, 2.75) is 33.3 Å². The molecular formula is C19H23NO3. The van der Waals surface area contributed by atoms with Crippen LogP contribution >= 0.6 is 0 Å². The Morgan fingerprint density at radius 2 is 1.70 bits per heavy atom. The number of ether oxygens (including phenoxy) is 2. The zero-order valence-electron chi connectivity index (χ0n) is 13.8. The summed E-state index contributed by atoms with van der Waals surface area (Å²) in [7, 11) is 0. The highest BCUT2D eigenvalue weighted by molar-refractivity contribution is 5.95. The molecule has 0 aliphatic rings. The van der Waals surface area contributed by atoms with Crippen molar-refractivity contribution in [2.24, 2.45) is 0 Å². The van der Waals surface area contributed by atoms with Gasteiger partial charge in [0.2, 0.25) is 0 Å². The molecule has 0 saturated carbocycles. The molecule has 0 saturated heterocycles. The third-order valence-corrected chi connectivity index (χ3v) is 3.47.